The number of thiol groups is 1. The number of ether oxygens (including phenoxy) is 1. The highest BCUT2D eigenvalue weighted by Crippen LogP contribution is 2.26. The van der Waals surface area contributed by atoms with Gasteiger partial charge in [0, 0.05) is 13.0 Å². The van der Waals surface area contributed by atoms with Gasteiger partial charge in [0.05, 0.1) is 12.2 Å². The Kier molecular flexibility index (Phi) is 6.83. The topological polar surface area (TPSA) is 95.9 Å². The average molecular weight is 344 g/mol. The summed E-state index contributed by atoms with van der Waals surface area (Å²) in [5.41, 5.74) is -0.984. The highest BCUT2D eigenvalue weighted by molar-refractivity contribution is 7.70. The van der Waals surface area contributed by atoms with Crippen LogP contribution in [0.5, 0.6) is 0 Å². The van der Waals surface area contributed by atoms with Crippen molar-refractivity contribution in [3.63, 3.8) is 0 Å². The van der Waals surface area contributed by atoms with E-state index in [1.165, 1.54) is 24.2 Å². The van der Waals surface area contributed by atoms with Gasteiger partial charge in [-0.25, -0.2) is 8.42 Å². The zero-order valence-corrected chi connectivity index (χ0v) is 14.5. The van der Waals surface area contributed by atoms with E-state index in [0.29, 0.717) is 17.9 Å². The molecule has 1 rings (SSSR count). The van der Waals surface area contributed by atoms with E-state index in [1.54, 1.807) is 19.1 Å². The van der Waals surface area contributed by atoms with Crippen LogP contribution in [0.3, 0.4) is 0 Å². The first-order chi connectivity index (χ1) is 10.7. The second-order valence-electron chi connectivity index (χ2n) is 5.60. The van der Waals surface area contributed by atoms with E-state index in [9.17, 15) is 18.3 Å². The number of morpholine rings is 1. The lowest BCUT2D eigenvalue weighted by Gasteiger charge is -2.34. The van der Waals surface area contributed by atoms with Crippen LogP contribution in [0.25, 0.3) is 0 Å². The summed E-state index contributed by atoms with van der Waals surface area (Å²) >= 11 is 0. The summed E-state index contributed by atoms with van der Waals surface area (Å²) in [5, 5.41) is 12.2. The number of nitrogens with one attached hydrogen (secondary N) is 1. The number of hydrogen-bond acceptors (Lipinski definition) is 5. The zero-order valence-electron chi connectivity index (χ0n) is 13.6. The molecule has 7 nitrogen and oxygen atoms in total. The van der Waals surface area contributed by atoms with Gasteiger partial charge >= 0.3 is 0 Å². The minimum Gasteiger partial charge on any atom is -0.486 e. The van der Waals surface area contributed by atoms with Crippen LogP contribution in [0.1, 0.15) is 27.2 Å². The van der Waals surface area contributed by atoms with Crippen LogP contribution < -0.4 is 5.32 Å². The van der Waals surface area contributed by atoms with Crippen molar-refractivity contribution in [2.24, 2.45) is 0 Å². The standard InChI is InChI=1S/C15H24N2O5S/c1-5-7-13-12(6-2)17(23(20)21)10-11(22-13)8-9-16-14(18)15(3,4)19/h5-7,11,19,23H,1,8-10H2,2-4H3,(H,16,18)/b12-6+,13-7+. The van der Waals surface area contributed by atoms with E-state index < -0.39 is 28.5 Å². The molecule has 2 N–H and O–H groups in total. The van der Waals surface area contributed by atoms with Crippen LogP contribution in [0.15, 0.2) is 36.3 Å². The van der Waals surface area contributed by atoms with Crippen molar-refractivity contribution >= 4 is 16.8 Å². The number of carbonyl (C=O) groups excluding carboxylic acids is 1. The minimum atomic E-state index is -2.79. The zero-order chi connectivity index (χ0) is 17.6. The Hall–Kier alpha value is -1.80. The molecule has 1 unspecified atom stereocenters. The number of nitrogens with zero attached hydrogens (tertiary/aromatic N) is 1. The summed E-state index contributed by atoms with van der Waals surface area (Å²) < 4.78 is 29.9. The minimum absolute atomic E-state index is 0.172. The summed E-state index contributed by atoms with van der Waals surface area (Å²) in [5.74, 6) is -0.0668. The van der Waals surface area contributed by atoms with Crippen molar-refractivity contribution in [1.29, 1.82) is 0 Å². The first-order valence-corrected chi connectivity index (χ1v) is 8.42. The summed E-state index contributed by atoms with van der Waals surface area (Å²) in [4.78, 5) is 11.6. The Bertz CT molecular complexity index is 579. The van der Waals surface area contributed by atoms with Crippen molar-refractivity contribution in [2.45, 2.75) is 38.9 Å². The second-order valence-corrected chi connectivity index (χ2v) is 6.56. The van der Waals surface area contributed by atoms with E-state index in [-0.39, 0.29) is 13.1 Å². The summed E-state index contributed by atoms with van der Waals surface area (Å²) in [6.07, 6.45) is 4.79. The number of carbonyl (C=O) groups is 1. The maximum atomic E-state index is 11.6. The third-order valence-electron chi connectivity index (χ3n) is 3.25. The molecule has 1 aliphatic heterocycles. The van der Waals surface area contributed by atoms with Crippen molar-refractivity contribution in [3.8, 4) is 0 Å². The van der Waals surface area contributed by atoms with Crippen molar-refractivity contribution in [1.82, 2.24) is 9.62 Å². The molecule has 0 aromatic rings. The number of aliphatic hydroxyl groups is 1. The number of hydrogen-bond donors (Lipinski definition) is 3. The summed E-state index contributed by atoms with van der Waals surface area (Å²) in [6, 6.07) is 0. The Balaban J connectivity index is 2.76. The lowest BCUT2D eigenvalue weighted by molar-refractivity contribution is -0.136. The molecule has 23 heavy (non-hydrogen) atoms. The van der Waals surface area contributed by atoms with E-state index in [0.717, 1.165) is 0 Å². The monoisotopic (exact) mass is 344 g/mol. The molecule has 1 atom stereocenters. The van der Waals surface area contributed by atoms with Crippen molar-refractivity contribution in [2.75, 3.05) is 13.1 Å². The lowest BCUT2D eigenvalue weighted by atomic mass is 10.1. The Morgan fingerprint density at radius 1 is 1.57 bits per heavy atom. The molecule has 0 bridgehead atoms. The van der Waals surface area contributed by atoms with Gasteiger partial charge in [-0.05, 0) is 26.8 Å². The average Bonchev–Trinajstić information content (AvgIpc) is 2.45. The highest BCUT2D eigenvalue weighted by atomic mass is 32.2. The van der Waals surface area contributed by atoms with Gasteiger partial charge in [0.2, 0.25) is 10.9 Å². The van der Waals surface area contributed by atoms with Crippen molar-refractivity contribution < 1.29 is 23.1 Å². The van der Waals surface area contributed by atoms with E-state index >= 15 is 0 Å². The molecule has 0 aromatic carbocycles. The first-order valence-electron chi connectivity index (χ1n) is 7.29. The van der Waals surface area contributed by atoms with Crippen LogP contribution in [0.4, 0.5) is 0 Å². The van der Waals surface area contributed by atoms with Gasteiger partial charge in [-0.2, -0.15) is 0 Å². The van der Waals surface area contributed by atoms with E-state index in [1.807, 2.05) is 0 Å². The molecule has 0 aliphatic carbocycles. The molecule has 1 saturated heterocycles. The van der Waals surface area contributed by atoms with Gasteiger partial charge in [-0.3, -0.25) is 9.10 Å². The van der Waals surface area contributed by atoms with Gasteiger partial charge in [0.15, 0.2) is 0 Å². The molecule has 130 valence electrons. The maximum absolute atomic E-state index is 11.6. The Labute approximate surface area is 138 Å². The molecule has 1 amide bonds. The molecule has 0 aromatic heterocycles. The maximum Gasteiger partial charge on any atom is 0.251 e. The molecule has 1 heterocycles. The van der Waals surface area contributed by atoms with Crippen LogP contribution in [0, 0.1) is 0 Å². The van der Waals surface area contributed by atoms with Crippen LogP contribution >= 0.6 is 0 Å². The predicted molar refractivity (Wildman–Crippen MR) is 87.9 cm³/mol. The molecular weight excluding hydrogens is 320 g/mol. The smallest absolute Gasteiger partial charge is 0.251 e. The number of rotatable bonds is 6. The van der Waals surface area contributed by atoms with Gasteiger partial charge in [-0.1, -0.05) is 18.7 Å². The van der Waals surface area contributed by atoms with Gasteiger partial charge in [0.25, 0.3) is 5.91 Å². The van der Waals surface area contributed by atoms with E-state index in [2.05, 4.69) is 11.9 Å². The molecule has 0 saturated carbocycles. The lowest BCUT2D eigenvalue weighted by Crippen LogP contribution is -2.44. The van der Waals surface area contributed by atoms with Crippen LogP contribution in [0.2, 0.25) is 0 Å². The largest absolute Gasteiger partial charge is 0.486 e. The van der Waals surface area contributed by atoms with Gasteiger partial charge < -0.3 is 15.2 Å². The fourth-order valence-corrected chi connectivity index (χ4v) is 2.79. The SMILES string of the molecule is C=C/C=C1/OC(CCNC(=O)C(C)(C)O)CN([SH](=O)=O)/C1=C/C. The van der Waals surface area contributed by atoms with Gasteiger partial charge in [-0.15, -0.1) is 0 Å². The number of amides is 1. The molecule has 0 radical (unpaired) electrons. The van der Waals surface area contributed by atoms with Crippen LogP contribution in [-0.4, -0.2) is 48.5 Å². The molecule has 1 fully saturated rings. The second kappa shape index (κ2) is 8.16. The molecule has 1 aliphatic rings. The summed E-state index contributed by atoms with van der Waals surface area (Å²) in [6.45, 7) is 8.55. The molecule has 8 heteroatoms. The summed E-state index contributed by atoms with van der Waals surface area (Å²) in [7, 11) is -2.79. The highest BCUT2D eigenvalue weighted by Gasteiger charge is 2.29. The predicted octanol–water partition coefficient (Wildman–Crippen LogP) is 0.465. The third kappa shape index (κ3) is 5.40. The number of allylic oxidation sites excluding steroid dienone is 3. The molecule has 0 spiro atoms. The third-order valence-corrected chi connectivity index (χ3v) is 4.02. The first kappa shape index (κ1) is 19.2. The fraction of sp³-hybridized carbons (Fsp3) is 0.533. The normalized spacial score (nSPS) is 22.3. The molecular formula is C15H24N2O5S. The van der Waals surface area contributed by atoms with Gasteiger partial charge in [0.1, 0.15) is 17.5 Å². The fourth-order valence-electron chi connectivity index (χ4n) is 2.09. The quantitative estimate of drug-likeness (QED) is 0.609. The Morgan fingerprint density at radius 2 is 2.22 bits per heavy atom. The van der Waals surface area contributed by atoms with E-state index in [4.69, 9.17) is 4.74 Å². The van der Waals surface area contributed by atoms with Crippen molar-refractivity contribution in [3.05, 3.63) is 36.3 Å². The Morgan fingerprint density at radius 3 is 2.70 bits per heavy atom. The van der Waals surface area contributed by atoms with Crippen LogP contribution in [-0.2, 0) is 20.4 Å².